The number of nitrogens with zero attached hydrogens (tertiary/aromatic N) is 3. The van der Waals surface area contributed by atoms with Gasteiger partial charge in [0, 0.05) is 13.0 Å². The van der Waals surface area contributed by atoms with Gasteiger partial charge in [-0.25, -0.2) is 15.0 Å². The lowest BCUT2D eigenvalue weighted by Crippen LogP contribution is -2.33. The monoisotopic (exact) mass is 336 g/mol. The molecule has 1 saturated heterocycles. The number of hydrogen-bond acceptors (Lipinski definition) is 5. The summed E-state index contributed by atoms with van der Waals surface area (Å²) in [7, 11) is 0. The third-order valence-corrected chi connectivity index (χ3v) is 3.93. The maximum atomic E-state index is 12.2. The molecule has 3 rings (SSSR count). The van der Waals surface area contributed by atoms with E-state index < -0.39 is 12.2 Å². The zero-order chi connectivity index (χ0) is 16.2. The van der Waals surface area contributed by atoms with E-state index in [1.807, 2.05) is 12.1 Å². The Bertz CT molecular complexity index is 698. The van der Waals surface area contributed by atoms with Crippen LogP contribution in [0.15, 0.2) is 24.3 Å². The van der Waals surface area contributed by atoms with E-state index in [0.717, 1.165) is 19.3 Å². The fraction of sp³-hybridized carbons (Fsp3) is 0.400. The van der Waals surface area contributed by atoms with Gasteiger partial charge >= 0.3 is 0 Å². The van der Waals surface area contributed by atoms with E-state index in [-0.39, 0.29) is 5.69 Å². The van der Waals surface area contributed by atoms with Crippen LogP contribution in [0.4, 0.5) is 0 Å². The Kier molecular flexibility index (Phi) is 4.90. The molecule has 2 heterocycles. The zero-order valence-corrected chi connectivity index (χ0v) is 13.4. The SMILES string of the molecule is Cc1c(C(=O)NO[C@H]2CCCCO2)nnn1-c1ccccc1Cl. The number of benzene rings is 1. The van der Waals surface area contributed by atoms with Crippen LogP contribution >= 0.6 is 11.6 Å². The number of amides is 1. The van der Waals surface area contributed by atoms with Gasteiger partial charge < -0.3 is 4.74 Å². The Morgan fingerprint density at radius 2 is 2.26 bits per heavy atom. The normalized spacial score (nSPS) is 17.9. The van der Waals surface area contributed by atoms with Crippen molar-refractivity contribution in [1.29, 1.82) is 0 Å². The zero-order valence-electron chi connectivity index (χ0n) is 12.7. The lowest BCUT2D eigenvalue weighted by atomic mass is 10.2. The summed E-state index contributed by atoms with van der Waals surface area (Å²) >= 11 is 6.15. The first-order valence-corrected chi connectivity index (χ1v) is 7.79. The van der Waals surface area contributed by atoms with Crippen molar-refractivity contribution in [1.82, 2.24) is 20.5 Å². The first-order chi connectivity index (χ1) is 11.2. The summed E-state index contributed by atoms with van der Waals surface area (Å²) in [5.74, 6) is -0.463. The number of hydroxylamine groups is 1. The van der Waals surface area contributed by atoms with Crippen molar-refractivity contribution >= 4 is 17.5 Å². The highest BCUT2D eigenvalue weighted by Crippen LogP contribution is 2.21. The minimum Gasteiger partial charge on any atom is -0.350 e. The topological polar surface area (TPSA) is 78.3 Å². The number of carbonyl (C=O) groups excluding carboxylic acids is 1. The maximum Gasteiger partial charge on any atom is 0.297 e. The molecule has 1 atom stereocenters. The van der Waals surface area contributed by atoms with Gasteiger partial charge in [0.05, 0.1) is 16.4 Å². The second-order valence-electron chi connectivity index (χ2n) is 5.23. The van der Waals surface area contributed by atoms with Crippen LogP contribution in [-0.2, 0) is 9.57 Å². The summed E-state index contributed by atoms with van der Waals surface area (Å²) in [6, 6.07) is 7.22. The van der Waals surface area contributed by atoms with Crippen LogP contribution in [0.2, 0.25) is 5.02 Å². The summed E-state index contributed by atoms with van der Waals surface area (Å²) in [4.78, 5) is 17.5. The van der Waals surface area contributed by atoms with Crippen LogP contribution in [0.25, 0.3) is 5.69 Å². The van der Waals surface area contributed by atoms with Crippen LogP contribution in [0.1, 0.15) is 35.4 Å². The van der Waals surface area contributed by atoms with Gasteiger partial charge in [0.1, 0.15) is 0 Å². The Morgan fingerprint density at radius 3 is 3.00 bits per heavy atom. The van der Waals surface area contributed by atoms with Crippen LogP contribution in [0, 0.1) is 6.92 Å². The molecule has 8 heteroatoms. The van der Waals surface area contributed by atoms with E-state index in [0.29, 0.717) is 23.0 Å². The molecule has 0 radical (unpaired) electrons. The molecule has 1 aromatic carbocycles. The van der Waals surface area contributed by atoms with Crippen molar-refractivity contribution < 1.29 is 14.4 Å². The highest BCUT2D eigenvalue weighted by molar-refractivity contribution is 6.32. The Balaban J connectivity index is 1.71. The third-order valence-electron chi connectivity index (χ3n) is 3.61. The fourth-order valence-electron chi connectivity index (χ4n) is 2.36. The lowest BCUT2D eigenvalue weighted by Gasteiger charge is -2.21. The number of para-hydroxylation sites is 1. The highest BCUT2D eigenvalue weighted by Gasteiger charge is 2.21. The summed E-state index contributed by atoms with van der Waals surface area (Å²) in [5, 5.41) is 8.44. The second-order valence-corrected chi connectivity index (χ2v) is 5.64. The lowest BCUT2D eigenvalue weighted by molar-refractivity contribution is -0.186. The van der Waals surface area contributed by atoms with Crippen LogP contribution in [0.5, 0.6) is 0 Å². The average Bonchev–Trinajstić information content (AvgIpc) is 2.95. The van der Waals surface area contributed by atoms with E-state index in [1.165, 1.54) is 4.68 Å². The molecule has 0 saturated carbocycles. The van der Waals surface area contributed by atoms with Crippen molar-refractivity contribution in [2.24, 2.45) is 0 Å². The molecule has 23 heavy (non-hydrogen) atoms. The second kappa shape index (κ2) is 7.08. The predicted molar refractivity (Wildman–Crippen MR) is 83.2 cm³/mol. The van der Waals surface area contributed by atoms with E-state index >= 15 is 0 Å². The molecule has 1 aliphatic heterocycles. The van der Waals surface area contributed by atoms with E-state index in [2.05, 4.69) is 15.8 Å². The predicted octanol–water partition coefficient (Wildman–Crippen LogP) is 2.42. The Morgan fingerprint density at radius 1 is 1.43 bits per heavy atom. The quantitative estimate of drug-likeness (QED) is 0.867. The molecule has 0 spiro atoms. The smallest absolute Gasteiger partial charge is 0.297 e. The molecular weight excluding hydrogens is 320 g/mol. The van der Waals surface area contributed by atoms with Gasteiger partial charge in [-0.2, -0.15) is 0 Å². The Labute approximate surface area is 138 Å². The van der Waals surface area contributed by atoms with Gasteiger partial charge in [-0.05, 0) is 31.9 Å². The summed E-state index contributed by atoms with van der Waals surface area (Å²) < 4.78 is 6.91. The van der Waals surface area contributed by atoms with Gasteiger partial charge in [-0.15, -0.1) is 5.10 Å². The maximum absolute atomic E-state index is 12.2. The summed E-state index contributed by atoms with van der Waals surface area (Å²) in [6.07, 6.45) is 2.37. The molecular formula is C15H17ClN4O3. The number of rotatable bonds is 4. The number of ether oxygens (including phenoxy) is 1. The molecule has 0 bridgehead atoms. The first kappa shape index (κ1) is 15.9. The number of carbonyl (C=O) groups is 1. The number of aromatic nitrogens is 3. The van der Waals surface area contributed by atoms with Crippen molar-refractivity contribution in [3.8, 4) is 5.69 Å². The van der Waals surface area contributed by atoms with E-state index in [4.69, 9.17) is 21.2 Å². The van der Waals surface area contributed by atoms with Gasteiger partial charge in [-0.1, -0.05) is 28.9 Å². The molecule has 1 amide bonds. The molecule has 1 aromatic heterocycles. The minimum atomic E-state index is -0.463. The van der Waals surface area contributed by atoms with E-state index in [1.54, 1.807) is 19.1 Å². The van der Waals surface area contributed by atoms with Gasteiger partial charge in [-0.3, -0.25) is 4.79 Å². The average molecular weight is 337 g/mol. The molecule has 0 unspecified atom stereocenters. The van der Waals surface area contributed by atoms with Crippen molar-refractivity contribution in [3.63, 3.8) is 0 Å². The number of hydrogen-bond donors (Lipinski definition) is 1. The Hall–Kier alpha value is -1.96. The number of halogens is 1. The highest BCUT2D eigenvalue weighted by atomic mass is 35.5. The van der Waals surface area contributed by atoms with Crippen molar-refractivity contribution in [3.05, 3.63) is 40.7 Å². The number of nitrogens with one attached hydrogen (secondary N) is 1. The van der Waals surface area contributed by atoms with Gasteiger partial charge in [0.25, 0.3) is 5.91 Å². The molecule has 1 aliphatic rings. The molecule has 0 aliphatic carbocycles. The van der Waals surface area contributed by atoms with Crippen molar-refractivity contribution in [2.45, 2.75) is 32.5 Å². The molecule has 122 valence electrons. The first-order valence-electron chi connectivity index (χ1n) is 7.41. The largest absolute Gasteiger partial charge is 0.350 e. The standard InChI is InChI=1S/C15H17ClN4O3/c1-10-14(15(21)18-23-13-8-4-5-9-22-13)17-19-20(10)12-7-3-2-6-11(12)16/h2-3,6-7,13H,4-5,8-9H2,1H3,(H,18,21)/t13-/m0/s1. The van der Waals surface area contributed by atoms with Gasteiger partial charge in [0.15, 0.2) is 12.0 Å². The van der Waals surface area contributed by atoms with Gasteiger partial charge in [0.2, 0.25) is 0 Å². The van der Waals surface area contributed by atoms with Crippen LogP contribution < -0.4 is 5.48 Å². The summed E-state index contributed by atoms with van der Waals surface area (Å²) in [5.41, 5.74) is 3.79. The fourth-order valence-corrected chi connectivity index (χ4v) is 2.58. The molecule has 1 N–H and O–H groups in total. The van der Waals surface area contributed by atoms with Crippen LogP contribution in [-0.4, -0.2) is 33.8 Å². The molecule has 1 fully saturated rings. The molecule has 2 aromatic rings. The van der Waals surface area contributed by atoms with Crippen molar-refractivity contribution in [2.75, 3.05) is 6.61 Å². The van der Waals surface area contributed by atoms with Crippen LogP contribution in [0.3, 0.4) is 0 Å². The third kappa shape index (κ3) is 3.52. The summed E-state index contributed by atoms with van der Waals surface area (Å²) in [6.45, 7) is 2.39. The minimum absolute atomic E-state index is 0.181. The molecule has 7 nitrogen and oxygen atoms in total. The van der Waals surface area contributed by atoms with E-state index in [9.17, 15) is 4.79 Å².